The van der Waals surface area contributed by atoms with Gasteiger partial charge in [0.05, 0.1) is 20.6 Å². The Kier molecular flexibility index (Phi) is 10.0. The largest absolute Gasteiger partial charge is 0.352 e. The fourth-order valence-electron chi connectivity index (χ4n) is 3.97. The van der Waals surface area contributed by atoms with Gasteiger partial charge in [-0.25, -0.2) is 8.42 Å². The van der Waals surface area contributed by atoms with E-state index in [0.717, 1.165) is 21.0 Å². The van der Waals surface area contributed by atoms with Crippen molar-refractivity contribution in [1.82, 2.24) is 10.2 Å². The highest BCUT2D eigenvalue weighted by atomic mass is 35.5. The third-order valence-electron chi connectivity index (χ3n) is 6.28. The van der Waals surface area contributed by atoms with Crippen molar-refractivity contribution in [1.29, 1.82) is 0 Å². The predicted octanol–water partition coefficient (Wildman–Crippen LogP) is 5.75. The van der Waals surface area contributed by atoms with Gasteiger partial charge in [0.1, 0.15) is 12.6 Å². The fraction of sp³-hybridized carbons (Fsp3) is 0.310. The van der Waals surface area contributed by atoms with Crippen LogP contribution >= 0.6 is 23.2 Å². The molecule has 0 aliphatic carbocycles. The molecule has 0 aliphatic heterocycles. The van der Waals surface area contributed by atoms with Crippen LogP contribution in [-0.2, 0) is 26.2 Å². The SMILES string of the molecule is Cc1ccc(S(=O)(=O)N(CC(=O)N(Cc2ccccc2C)C(C)C(=O)NC(C)C)c2ccc(Cl)c(Cl)c2)cc1. The van der Waals surface area contributed by atoms with Gasteiger partial charge in [0, 0.05) is 12.6 Å². The summed E-state index contributed by atoms with van der Waals surface area (Å²) in [5, 5.41) is 3.24. The normalized spacial score (nSPS) is 12.2. The van der Waals surface area contributed by atoms with E-state index in [1.165, 1.54) is 35.2 Å². The number of nitrogens with one attached hydrogen (secondary N) is 1. The number of sulfonamides is 1. The molecule has 0 saturated carbocycles. The first-order chi connectivity index (χ1) is 18.3. The number of carbonyl (C=O) groups is 2. The van der Waals surface area contributed by atoms with Gasteiger partial charge < -0.3 is 10.2 Å². The van der Waals surface area contributed by atoms with Gasteiger partial charge in [0.2, 0.25) is 11.8 Å². The van der Waals surface area contributed by atoms with Crippen molar-refractivity contribution in [2.24, 2.45) is 0 Å². The minimum Gasteiger partial charge on any atom is -0.352 e. The smallest absolute Gasteiger partial charge is 0.264 e. The van der Waals surface area contributed by atoms with Crippen LogP contribution in [0.4, 0.5) is 5.69 Å². The topological polar surface area (TPSA) is 86.8 Å². The number of hydrogen-bond donors (Lipinski definition) is 1. The Balaban J connectivity index is 2.07. The van der Waals surface area contributed by atoms with Crippen molar-refractivity contribution < 1.29 is 18.0 Å². The van der Waals surface area contributed by atoms with Crippen LogP contribution in [0, 0.1) is 13.8 Å². The predicted molar refractivity (Wildman–Crippen MR) is 157 cm³/mol. The molecule has 0 fully saturated rings. The van der Waals surface area contributed by atoms with E-state index in [0.29, 0.717) is 0 Å². The standard InChI is InChI=1S/C29H33Cl2N3O4S/c1-19(2)32-29(36)22(5)33(17-23-9-7-6-8-21(23)4)28(35)18-34(24-12-15-26(30)27(31)16-24)39(37,38)25-13-10-20(3)11-14-25/h6-16,19,22H,17-18H2,1-5H3,(H,32,36). The van der Waals surface area contributed by atoms with E-state index in [4.69, 9.17) is 23.2 Å². The lowest BCUT2D eigenvalue weighted by molar-refractivity contribution is -0.139. The molecule has 2 amide bonds. The molecular weight excluding hydrogens is 557 g/mol. The van der Waals surface area contributed by atoms with Crippen LogP contribution in [-0.4, -0.2) is 43.8 Å². The number of halogens is 2. The highest BCUT2D eigenvalue weighted by molar-refractivity contribution is 7.92. The highest BCUT2D eigenvalue weighted by Gasteiger charge is 2.33. The van der Waals surface area contributed by atoms with Gasteiger partial charge in [0.25, 0.3) is 10.0 Å². The van der Waals surface area contributed by atoms with Crippen molar-refractivity contribution in [2.75, 3.05) is 10.8 Å². The third-order valence-corrected chi connectivity index (χ3v) is 8.81. The van der Waals surface area contributed by atoms with Gasteiger partial charge in [-0.05, 0) is 76.1 Å². The van der Waals surface area contributed by atoms with E-state index < -0.39 is 28.5 Å². The van der Waals surface area contributed by atoms with Gasteiger partial charge in [0.15, 0.2) is 0 Å². The molecule has 1 N–H and O–H groups in total. The molecule has 3 aromatic carbocycles. The zero-order chi connectivity index (χ0) is 28.9. The maximum absolute atomic E-state index is 13.9. The molecule has 208 valence electrons. The molecule has 10 heteroatoms. The van der Waals surface area contributed by atoms with E-state index in [1.54, 1.807) is 19.1 Å². The number of nitrogens with zero attached hydrogens (tertiary/aromatic N) is 2. The summed E-state index contributed by atoms with van der Waals surface area (Å²) in [4.78, 5) is 28.3. The van der Waals surface area contributed by atoms with Crippen LogP contribution in [0.1, 0.15) is 37.5 Å². The van der Waals surface area contributed by atoms with Crippen LogP contribution in [0.2, 0.25) is 10.0 Å². The van der Waals surface area contributed by atoms with Crippen LogP contribution in [0.5, 0.6) is 0 Å². The second kappa shape index (κ2) is 12.9. The highest BCUT2D eigenvalue weighted by Crippen LogP contribution is 2.31. The first-order valence-corrected chi connectivity index (χ1v) is 14.7. The summed E-state index contributed by atoms with van der Waals surface area (Å²) >= 11 is 12.3. The van der Waals surface area contributed by atoms with Gasteiger partial charge >= 0.3 is 0 Å². The molecular formula is C29H33Cl2N3O4S. The first kappa shape index (κ1) is 30.5. The Bertz CT molecular complexity index is 1440. The molecule has 0 heterocycles. The molecule has 3 aromatic rings. The third kappa shape index (κ3) is 7.53. The van der Waals surface area contributed by atoms with Crippen LogP contribution in [0.3, 0.4) is 0 Å². The minimum absolute atomic E-state index is 0.0167. The summed E-state index contributed by atoms with van der Waals surface area (Å²) in [5.41, 5.74) is 2.85. The van der Waals surface area contributed by atoms with Crippen molar-refractivity contribution in [3.05, 3.63) is 93.5 Å². The van der Waals surface area contributed by atoms with Crippen LogP contribution in [0.25, 0.3) is 0 Å². The Morgan fingerprint density at radius 3 is 2.13 bits per heavy atom. The molecule has 0 bridgehead atoms. The second-order valence-corrected chi connectivity index (χ2v) is 12.4. The lowest BCUT2D eigenvalue weighted by atomic mass is 10.1. The van der Waals surface area contributed by atoms with Crippen LogP contribution in [0.15, 0.2) is 71.6 Å². The van der Waals surface area contributed by atoms with Crippen molar-refractivity contribution >= 4 is 50.7 Å². The average Bonchev–Trinajstić information content (AvgIpc) is 2.87. The Morgan fingerprint density at radius 1 is 0.897 bits per heavy atom. The summed E-state index contributed by atoms with van der Waals surface area (Å²) in [7, 11) is -4.19. The summed E-state index contributed by atoms with van der Waals surface area (Å²) in [5.74, 6) is -0.888. The van der Waals surface area contributed by atoms with E-state index in [2.05, 4.69) is 5.32 Å². The maximum atomic E-state index is 13.9. The van der Waals surface area contributed by atoms with Gasteiger partial charge in [-0.1, -0.05) is 65.2 Å². The summed E-state index contributed by atoms with van der Waals surface area (Å²) in [6, 6.07) is 17.3. The minimum atomic E-state index is -4.19. The van der Waals surface area contributed by atoms with Crippen molar-refractivity contribution in [3.63, 3.8) is 0 Å². The lowest BCUT2D eigenvalue weighted by Gasteiger charge is -2.32. The van der Waals surface area contributed by atoms with Gasteiger partial charge in [-0.3, -0.25) is 13.9 Å². The van der Waals surface area contributed by atoms with Gasteiger partial charge in [-0.2, -0.15) is 0 Å². The maximum Gasteiger partial charge on any atom is 0.264 e. The number of anilines is 1. The molecule has 0 saturated heterocycles. The molecule has 7 nitrogen and oxygen atoms in total. The van der Waals surface area contributed by atoms with E-state index >= 15 is 0 Å². The molecule has 1 unspecified atom stereocenters. The summed E-state index contributed by atoms with van der Waals surface area (Å²) in [6.07, 6.45) is 0. The molecule has 0 aromatic heterocycles. The quantitative estimate of drug-likeness (QED) is 0.326. The molecule has 1 atom stereocenters. The number of aryl methyl sites for hydroxylation is 2. The Morgan fingerprint density at radius 2 is 1.54 bits per heavy atom. The Labute approximate surface area is 240 Å². The molecule has 0 radical (unpaired) electrons. The number of hydrogen-bond acceptors (Lipinski definition) is 4. The molecule has 0 aliphatic rings. The van der Waals surface area contributed by atoms with E-state index in [-0.39, 0.29) is 39.1 Å². The van der Waals surface area contributed by atoms with Crippen molar-refractivity contribution in [2.45, 2.75) is 58.1 Å². The monoisotopic (exact) mass is 589 g/mol. The summed E-state index contributed by atoms with van der Waals surface area (Å²) < 4.78 is 28.7. The molecule has 0 spiro atoms. The average molecular weight is 591 g/mol. The number of amides is 2. The zero-order valence-corrected chi connectivity index (χ0v) is 24.9. The molecule has 39 heavy (non-hydrogen) atoms. The lowest BCUT2D eigenvalue weighted by Crippen LogP contribution is -2.52. The summed E-state index contributed by atoms with van der Waals surface area (Å²) in [6.45, 7) is 8.63. The molecule has 3 rings (SSSR count). The Hall–Kier alpha value is -3.07. The number of rotatable bonds is 10. The number of benzene rings is 3. The zero-order valence-electron chi connectivity index (χ0n) is 22.6. The van der Waals surface area contributed by atoms with Gasteiger partial charge in [-0.15, -0.1) is 0 Å². The second-order valence-electron chi connectivity index (χ2n) is 9.71. The van der Waals surface area contributed by atoms with Crippen molar-refractivity contribution in [3.8, 4) is 0 Å². The number of carbonyl (C=O) groups excluding carboxylic acids is 2. The van der Waals surface area contributed by atoms with Crippen LogP contribution < -0.4 is 9.62 Å². The van der Waals surface area contributed by atoms with E-state index in [1.807, 2.05) is 52.0 Å². The fourth-order valence-corrected chi connectivity index (χ4v) is 5.66. The van der Waals surface area contributed by atoms with E-state index in [9.17, 15) is 18.0 Å². The first-order valence-electron chi connectivity index (χ1n) is 12.5.